The van der Waals surface area contributed by atoms with E-state index in [1.807, 2.05) is 11.0 Å². The molecule has 0 amide bonds. The van der Waals surface area contributed by atoms with Crippen LogP contribution in [0.4, 0.5) is 4.39 Å². The Balaban J connectivity index is 1.62. The smallest absolute Gasteiger partial charge is 0.212 e. The summed E-state index contributed by atoms with van der Waals surface area (Å²) in [6.45, 7) is 3.06. The van der Waals surface area contributed by atoms with Gasteiger partial charge in [-0.3, -0.25) is 0 Å². The minimum Gasteiger partial charge on any atom is -0.508 e. The summed E-state index contributed by atoms with van der Waals surface area (Å²) in [6.07, 6.45) is 1.60. The number of likely N-dealkylation sites (tertiary alicyclic amines) is 1. The number of piperidine rings is 1. The van der Waals surface area contributed by atoms with Crippen LogP contribution in [0.3, 0.4) is 0 Å². The Labute approximate surface area is 157 Å². The van der Waals surface area contributed by atoms with Crippen molar-refractivity contribution in [3.63, 3.8) is 0 Å². The van der Waals surface area contributed by atoms with E-state index < -0.39 is 17.5 Å². The molecular weight excluding hydrogens is 351 g/mol. The highest BCUT2D eigenvalue weighted by atomic mass is 19.1. The molecule has 0 saturated carbocycles. The van der Waals surface area contributed by atoms with Gasteiger partial charge in [0.05, 0.1) is 18.8 Å². The number of aliphatic hydroxyl groups is 2. The van der Waals surface area contributed by atoms with Crippen molar-refractivity contribution in [1.29, 1.82) is 0 Å². The van der Waals surface area contributed by atoms with Gasteiger partial charge in [-0.1, -0.05) is 0 Å². The van der Waals surface area contributed by atoms with Crippen molar-refractivity contribution >= 4 is 0 Å². The molecule has 0 radical (unpaired) electrons. The highest BCUT2D eigenvalue weighted by Crippen LogP contribution is 2.34. The fourth-order valence-corrected chi connectivity index (χ4v) is 3.46. The molecule has 0 aliphatic carbocycles. The zero-order valence-corrected chi connectivity index (χ0v) is 15.5. The zero-order chi connectivity index (χ0) is 19.6. The zero-order valence-electron chi connectivity index (χ0n) is 15.5. The van der Waals surface area contributed by atoms with Crippen molar-refractivity contribution < 1.29 is 24.4 Å². The molecule has 3 N–H and O–H groups in total. The largest absolute Gasteiger partial charge is 0.508 e. The first kappa shape index (κ1) is 19.5. The summed E-state index contributed by atoms with van der Waals surface area (Å²) in [6, 6.07) is 6.03. The number of hydrogen-bond donors (Lipinski definition) is 3. The first-order chi connectivity index (χ1) is 12.8. The van der Waals surface area contributed by atoms with Crippen LogP contribution in [0, 0.1) is 12.7 Å². The predicted octanol–water partition coefficient (Wildman–Crippen LogP) is 2.26. The van der Waals surface area contributed by atoms with E-state index in [4.69, 9.17) is 4.74 Å². The SMILES string of the molecule is COc1ccc(C2(O)CCN(CC(O)c3cc(C)c(O)cc3F)CC2)cn1. The second-order valence-corrected chi connectivity index (χ2v) is 7.10. The third-order valence-electron chi connectivity index (χ3n) is 5.27. The van der Waals surface area contributed by atoms with Crippen molar-refractivity contribution in [2.45, 2.75) is 31.5 Å². The van der Waals surface area contributed by atoms with Crippen LogP contribution in [0.2, 0.25) is 0 Å². The topological polar surface area (TPSA) is 86.1 Å². The van der Waals surface area contributed by atoms with Crippen molar-refractivity contribution in [3.05, 3.63) is 53.0 Å². The number of phenols is 1. The molecule has 2 aromatic rings. The Hall–Kier alpha value is -2.22. The van der Waals surface area contributed by atoms with Crippen LogP contribution in [-0.2, 0) is 5.60 Å². The monoisotopic (exact) mass is 376 g/mol. The van der Waals surface area contributed by atoms with Gasteiger partial charge in [0, 0.05) is 49.1 Å². The molecule has 1 atom stereocenters. The average molecular weight is 376 g/mol. The third-order valence-corrected chi connectivity index (χ3v) is 5.27. The quantitative estimate of drug-likeness (QED) is 0.742. The van der Waals surface area contributed by atoms with Crippen molar-refractivity contribution in [1.82, 2.24) is 9.88 Å². The van der Waals surface area contributed by atoms with Crippen molar-refractivity contribution in [3.8, 4) is 11.6 Å². The van der Waals surface area contributed by atoms with E-state index in [0.717, 1.165) is 11.6 Å². The Kier molecular flexibility index (Phi) is 5.64. The maximum atomic E-state index is 14.0. The molecule has 2 heterocycles. The Morgan fingerprint density at radius 2 is 2.00 bits per heavy atom. The fourth-order valence-electron chi connectivity index (χ4n) is 3.46. The number of pyridine rings is 1. The molecule has 1 aromatic carbocycles. The lowest BCUT2D eigenvalue weighted by atomic mass is 9.85. The van der Waals surface area contributed by atoms with E-state index in [-0.39, 0.29) is 17.9 Å². The van der Waals surface area contributed by atoms with Gasteiger partial charge < -0.3 is 25.0 Å². The van der Waals surface area contributed by atoms with Gasteiger partial charge in [0.1, 0.15) is 11.6 Å². The summed E-state index contributed by atoms with van der Waals surface area (Å²) in [5.41, 5.74) is 0.459. The van der Waals surface area contributed by atoms with Crippen LogP contribution in [0.5, 0.6) is 11.6 Å². The first-order valence-corrected chi connectivity index (χ1v) is 8.95. The third kappa shape index (κ3) is 4.21. The number of benzene rings is 1. The number of rotatable bonds is 5. The lowest BCUT2D eigenvalue weighted by Gasteiger charge is -2.39. The summed E-state index contributed by atoms with van der Waals surface area (Å²) in [5, 5.41) is 30.9. The maximum absolute atomic E-state index is 14.0. The lowest BCUT2D eigenvalue weighted by Crippen LogP contribution is -2.44. The molecule has 146 valence electrons. The van der Waals surface area contributed by atoms with Gasteiger partial charge in [0.2, 0.25) is 5.88 Å². The highest BCUT2D eigenvalue weighted by molar-refractivity contribution is 5.37. The number of nitrogens with zero attached hydrogens (tertiary/aromatic N) is 2. The van der Waals surface area contributed by atoms with E-state index in [1.54, 1.807) is 26.3 Å². The molecule has 27 heavy (non-hydrogen) atoms. The average Bonchev–Trinajstić information content (AvgIpc) is 2.66. The minimum absolute atomic E-state index is 0.125. The molecule has 1 unspecified atom stereocenters. The second-order valence-electron chi connectivity index (χ2n) is 7.10. The van der Waals surface area contributed by atoms with Crippen LogP contribution < -0.4 is 4.74 Å². The number of aryl methyl sites for hydroxylation is 1. The number of methoxy groups -OCH3 is 1. The molecule has 1 fully saturated rings. The number of aliphatic hydroxyl groups excluding tert-OH is 1. The lowest BCUT2D eigenvalue weighted by molar-refractivity contribution is -0.0349. The Morgan fingerprint density at radius 1 is 1.30 bits per heavy atom. The Bertz CT molecular complexity index is 789. The number of β-amino-alcohol motifs (C(OH)–C–C–N with tert-alkyl or cyclic N) is 1. The van der Waals surface area contributed by atoms with Crippen LogP contribution >= 0.6 is 0 Å². The molecule has 1 saturated heterocycles. The number of halogens is 1. The van der Waals surface area contributed by atoms with Gasteiger partial charge in [-0.25, -0.2) is 9.37 Å². The standard InChI is InChI=1S/C20H25FN2O4/c1-13-9-15(16(21)10-17(13)24)18(25)12-23-7-5-20(26,6-8-23)14-3-4-19(27-2)22-11-14/h3-4,9-11,18,24-26H,5-8,12H2,1-2H3. The maximum Gasteiger partial charge on any atom is 0.212 e. The molecule has 0 bridgehead atoms. The van der Waals surface area contributed by atoms with Gasteiger partial charge in [-0.15, -0.1) is 0 Å². The Morgan fingerprint density at radius 3 is 2.59 bits per heavy atom. The predicted molar refractivity (Wildman–Crippen MR) is 98.1 cm³/mol. The molecule has 1 aliphatic heterocycles. The van der Waals surface area contributed by atoms with E-state index in [2.05, 4.69) is 4.98 Å². The first-order valence-electron chi connectivity index (χ1n) is 8.95. The normalized spacial score (nSPS) is 18.3. The van der Waals surface area contributed by atoms with Crippen LogP contribution in [0.15, 0.2) is 30.5 Å². The summed E-state index contributed by atoms with van der Waals surface area (Å²) in [7, 11) is 1.54. The van der Waals surface area contributed by atoms with Gasteiger partial charge in [0.15, 0.2) is 0 Å². The van der Waals surface area contributed by atoms with E-state index in [1.165, 1.54) is 6.07 Å². The molecule has 7 heteroatoms. The number of hydrogen-bond acceptors (Lipinski definition) is 6. The summed E-state index contributed by atoms with van der Waals surface area (Å²) in [4.78, 5) is 6.15. The van der Waals surface area contributed by atoms with Gasteiger partial charge in [0.25, 0.3) is 0 Å². The van der Waals surface area contributed by atoms with Crippen LogP contribution in [0.1, 0.15) is 35.6 Å². The van der Waals surface area contributed by atoms with Crippen molar-refractivity contribution in [2.24, 2.45) is 0 Å². The second kappa shape index (κ2) is 7.80. The van der Waals surface area contributed by atoms with E-state index in [0.29, 0.717) is 37.4 Å². The van der Waals surface area contributed by atoms with Crippen LogP contribution in [0.25, 0.3) is 0 Å². The van der Waals surface area contributed by atoms with Crippen molar-refractivity contribution in [2.75, 3.05) is 26.7 Å². The van der Waals surface area contributed by atoms with Gasteiger partial charge in [-0.05, 0) is 37.5 Å². The number of phenolic OH excluding ortho intramolecular Hbond substituents is 1. The molecule has 1 aromatic heterocycles. The summed E-state index contributed by atoms with van der Waals surface area (Å²) < 4.78 is 19.1. The fraction of sp³-hybridized carbons (Fsp3) is 0.450. The minimum atomic E-state index is -1.00. The summed E-state index contributed by atoms with van der Waals surface area (Å²) in [5.74, 6) is -0.253. The van der Waals surface area contributed by atoms with Gasteiger partial charge >= 0.3 is 0 Å². The number of aromatic hydroxyl groups is 1. The molecule has 6 nitrogen and oxygen atoms in total. The van der Waals surface area contributed by atoms with Crippen LogP contribution in [-0.4, -0.2) is 51.9 Å². The van der Waals surface area contributed by atoms with Gasteiger partial charge in [-0.2, -0.15) is 0 Å². The number of aromatic nitrogens is 1. The van der Waals surface area contributed by atoms with E-state index >= 15 is 0 Å². The number of ether oxygens (including phenoxy) is 1. The molecule has 3 rings (SSSR count). The molecule has 1 aliphatic rings. The van der Waals surface area contributed by atoms with E-state index in [9.17, 15) is 19.7 Å². The molecular formula is C20H25FN2O4. The molecule has 0 spiro atoms. The summed E-state index contributed by atoms with van der Waals surface area (Å²) >= 11 is 0. The highest BCUT2D eigenvalue weighted by Gasteiger charge is 2.35.